The minimum atomic E-state index is -3.40. The van der Waals surface area contributed by atoms with E-state index in [1.54, 1.807) is 16.4 Å². The number of nitrogens with zero attached hydrogens (tertiary/aromatic N) is 2. The van der Waals surface area contributed by atoms with Gasteiger partial charge in [-0.1, -0.05) is 56.3 Å². The summed E-state index contributed by atoms with van der Waals surface area (Å²) in [6, 6.07) is 17.9. The van der Waals surface area contributed by atoms with E-state index in [-0.39, 0.29) is 0 Å². The van der Waals surface area contributed by atoms with Gasteiger partial charge in [0.2, 0.25) is 10.0 Å². The molecule has 4 nitrogen and oxygen atoms in total. The van der Waals surface area contributed by atoms with Gasteiger partial charge in [0.1, 0.15) is 0 Å². The van der Waals surface area contributed by atoms with Gasteiger partial charge in [0.15, 0.2) is 0 Å². The number of sulfonamides is 1. The minimum absolute atomic E-state index is 0.410. The third-order valence-corrected chi connectivity index (χ3v) is 7.50. The molecule has 0 bridgehead atoms. The van der Waals surface area contributed by atoms with Crippen LogP contribution in [0.5, 0.6) is 0 Å². The molecule has 146 valence electrons. The first-order valence-electron chi connectivity index (χ1n) is 9.87. The SMILES string of the molecule is CCC(C)c1ccc(S(=O)(=O)N2CCN(CCc3ccccc3)CC2)cc1. The smallest absolute Gasteiger partial charge is 0.243 e. The molecule has 0 saturated carbocycles. The molecular weight excluding hydrogens is 356 g/mol. The fraction of sp³-hybridized carbons (Fsp3) is 0.455. The van der Waals surface area contributed by atoms with Crippen molar-refractivity contribution < 1.29 is 8.42 Å². The van der Waals surface area contributed by atoms with Crippen LogP contribution in [0.15, 0.2) is 59.5 Å². The highest BCUT2D eigenvalue weighted by Crippen LogP contribution is 2.23. The van der Waals surface area contributed by atoms with E-state index in [2.05, 4.69) is 43.0 Å². The Hall–Kier alpha value is -1.69. The van der Waals surface area contributed by atoms with Crippen LogP contribution in [0.2, 0.25) is 0 Å². The summed E-state index contributed by atoms with van der Waals surface area (Å²) in [5.41, 5.74) is 2.52. The van der Waals surface area contributed by atoms with Crippen LogP contribution in [0.3, 0.4) is 0 Å². The molecule has 1 atom stereocenters. The zero-order chi connectivity index (χ0) is 19.3. The van der Waals surface area contributed by atoms with Gasteiger partial charge in [0.25, 0.3) is 0 Å². The first-order valence-corrected chi connectivity index (χ1v) is 11.3. The number of hydrogen-bond donors (Lipinski definition) is 0. The lowest BCUT2D eigenvalue weighted by molar-refractivity contribution is 0.190. The van der Waals surface area contributed by atoms with Crippen molar-refractivity contribution >= 4 is 10.0 Å². The molecule has 1 saturated heterocycles. The third kappa shape index (κ3) is 4.98. The van der Waals surface area contributed by atoms with E-state index in [1.807, 2.05) is 18.2 Å². The molecule has 1 aliphatic heterocycles. The molecule has 1 fully saturated rings. The van der Waals surface area contributed by atoms with Gasteiger partial charge in [-0.2, -0.15) is 4.31 Å². The summed E-state index contributed by atoms with van der Waals surface area (Å²) in [5, 5.41) is 0. The predicted molar refractivity (Wildman–Crippen MR) is 110 cm³/mol. The molecule has 2 aromatic rings. The van der Waals surface area contributed by atoms with E-state index >= 15 is 0 Å². The van der Waals surface area contributed by atoms with Crippen LogP contribution in [0.1, 0.15) is 37.3 Å². The van der Waals surface area contributed by atoms with Crippen molar-refractivity contribution in [3.05, 3.63) is 65.7 Å². The zero-order valence-corrected chi connectivity index (χ0v) is 17.2. The Morgan fingerprint density at radius 2 is 1.56 bits per heavy atom. The van der Waals surface area contributed by atoms with E-state index in [4.69, 9.17) is 0 Å². The Morgan fingerprint density at radius 1 is 0.926 bits per heavy atom. The molecular formula is C22H30N2O2S. The average Bonchev–Trinajstić information content (AvgIpc) is 2.73. The van der Waals surface area contributed by atoms with Gasteiger partial charge in [-0.05, 0) is 42.0 Å². The molecule has 0 amide bonds. The summed E-state index contributed by atoms with van der Waals surface area (Å²) in [6.45, 7) is 7.98. The molecule has 5 heteroatoms. The van der Waals surface area contributed by atoms with Crippen LogP contribution in [-0.2, 0) is 16.4 Å². The van der Waals surface area contributed by atoms with E-state index in [1.165, 1.54) is 11.1 Å². The molecule has 0 aromatic heterocycles. The van der Waals surface area contributed by atoms with Crippen molar-refractivity contribution in [2.45, 2.75) is 37.5 Å². The maximum Gasteiger partial charge on any atom is 0.243 e. The second-order valence-corrected chi connectivity index (χ2v) is 9.30. The molecule has 3 rings (SSSR count). The number of benzene rings is 2. The largest absolute Gasteiger partial charge is 0.300 e. The molecule has 2 aromatic carbocycles. The van der Waals surface area contributed by atoms with Crippen molar-refractivity contribution in [2.75, 3.05) is 32.7 Å². The molecule has 1 aliphatic rings. The fourth-order valence-corrected chi connectivity index (χ4v) is 4.90. The van der Waals surface area contributed by atoms with Gasteiger partial charge >= 0.3 is 0 Å². The third-order valence-electron chi connectivity index (χ3n) is 5.59. The average molecular weight is 387 g/mol. The quantitative estimate of drug-likeness (QED) is 0.728. The first-order chi connectivity index (χ1) is 13.0. The first kappa shape index (κ1) is 20.1. The molecule has 0 N–H and O–H groups in total. The summed E-state index contributed by atoms with van der Waals surface area (Å²) in [4.78, 5) is 2.76. The number of piperazine rings is 1. The van der Waals surface area contributed by atoms with Gasteiger partial charge in [0, 0.05) is 32.7 Å². The summed E-state index contributed by atoms with van der Waals surface area (Å²) in [7, 11) is -3.40. The Kier molecular flexibility index (Phi) is 6.68. The summed E-state index contributed by atoms with van der Waals surface area (Å²) >= 11 is 0. The molecule has 1 unspecified atom stereocenters. The van der Waals surface area contributed by atoms with Crippen molar-refractivity contribution in [1.82, 2.24) is 9.21 Å². The lowest BCUT2D eigenvalue weighted by Crippen LogP contribution is -2.48. The van der Waals surface area contributed by atoms with E-state index in [0.717, 1.165) is 32.5 Å². The van der Waals surface area contributed by atoms with Crippen molar-refractivity contribution in [2.24, 2.45) is 0 Å². The van der Waals surface area contributed by atoms with Crippen LogP contribution >= 0.6 is 0 Å². The van der Waals surface area contributed by atoms with Crippen LogP contribution in [0.25, 0.3) is 0 Å². The van der Waals surface area contributed by atoms with Crippen molar-refractivity contribution in [3.63, 3.8) is 0 Å². The van der Waals surface area contributed by atoms with E-state index in [0.29, 0.717) is 23.9 Å². The van der Waals surface area contributed by atoms with Crippen molar-refractivity contribution in [1.29, 1.82) is 0 Å². The molecule has 0 aliphatic carbocycles. The lowest BCUT2D eigenvalue weighted by atomic mass is 9.99. The van der Waals surface area contributed by atoms with E-state index < -0.39 is 10.0 Å². The van der Waals surface area contributed by atoms with Crippen molar-refractivity contribution in [3.8, 4) is 0 Å². The predicted octanol–water partition coefficient (Wildman–Crippen LogP) is 3.75. The number of rotatable bonds is 7. The number of hydrogen-bond acceptors (Lipinski definition) is 3. The lowest BCUT2D eigenvalue weighted by Gasteiger charge is -2.34. The maximum atomic E-state index is 12.9. The Balaban J connectivity index is 1.56. The molecule has 0 spiro atoms. The van der Waals surface area contributed by atoms with Gasteiger partial charge in [-0.25, -0.2) is 8.42 Å². The second kappa shape index (κ2) is 9.00. The standard InChI is InChI=1S/C22H30N2O2S/c1-3-19(2)21-9-11-22(12-10-21)27(25,26)24-17-15-23(16-18-24)14-13-20-7-5-4-6-8-20/h4-12,19H,3,13-18H2,1-2H3. The minimum Gasteiger partial charge on any atom is -0.300 e. The summed E-state index contributed by atoms with van der Waals surface area (Å²) in [5.74, 6) is 0.454. The monoisotopic (exact) mass is 386 g/mol. The Labute approximate surface area is 163 Å². The Bertz CT molecular complexity index is 811. The van der Waals surface area contributed by atoms with Gasteiger partial charge in [0.05, 0.1) is 4.90 Å². The molecule has 27 heavy (non-hydrogen) atoms. The summed E-state index contributed by atoms with van der Waals surface area (Å²) < 4.78 is 27.5. The van der Waals surface area contributed by atoms with Gasteiger partial charge in [-0.15, -0.1) is 0 Å². The molecule has 1 heterocycles. The van der Waals surface area contributed by atoms with Crippen LogP contribution in [0.4, 0.5) is 0 Å². The highest BCUT2D eigenvalue weighted by molar-refractivity contribution is 7.89. The zero-order valence-electron chi connectivity index (χ0n) is 16.3. The van der Waals surface area contributed by atoms with Crippen LogP contribution in [0, 0.1) is 0 Å². The maximum absolute atomic E-state index is 12.9. The topological polar surface area (TPSA) is 40.6 Å². The highest BCUT2D eigenvalue weighted by Gasteiger charge is 2.28. The fourth-order valence-electron chi connectivity index (χ4n) is 3.48. The summed E-state index contributed by atoms with van der Waals surface area (Å²) in [6.07, 6.45) is 2.06. The second-order valence-electron chi connectivity index (χ2n) is 7.36. The molecule has 0 radical (unpaired) electrons. The van der Waals surface area contributed by atoms with E-state index in [9.17, 15) is 8.42 Å². The Morgan fingerprint density at radius 3 is 2.15 bits per heavy atom. The van der Waals surface area contributed by atoms with Crippen LogP contribution in [-0.4, -0.2) is 50.3 Å². The normalized spacial score (nSPS) is 17.7. The van der Waals surface area contributed by atoms with Gasteiger partial charge in [-0.3, -0.25) is 0 Å². The highest BCUT2D eigenvalue weighted by atomic mass is 32.2. The van der Waals surface area contributed by atoms with Crippen LogP contribution < -0.4 is 0 Å². The van der Waals surface area contributed by atoms with Gasteiger partial charge < -0.3 is 4.90 Å².